The van der Waals surface area contributed by atoms with Crippen molar-refractivity contribution in [2.24, 2.45) is 10.4 Å². The highest BCUT2D eigenvalue weighted by Gasteiger charge is 2.44. The van der Waals surface area contributed by atoms with Gasteiger partial charge in [-0.15, -0.1) is 0 Å². The Labute approximate surface area is 147 Å². The first kappa shape index (κ1) is 17.3. The van der Waals surface area contributed by atoms with Crippen molar-refractivity contribution < 1.29 is 9.90 Å². The number of piperidine rings is 1. The lowest BCUT2D eigenvalue weighted by Crippen LogP contribution is -2.35. The third kappa shape index (κ3) is 3.75. The fourth-order valence-electron chi connectivity index (χ4n) is 3.23. The third-order valence-corrected chi connectivity index (χ3v) is 6.03. The lowest BCUT2D eigenvalue weighted by molar-refractivity contribution is 0.100. The maximum Gasteiger partial charge on any atom is 0.278 e. The van der Waals surface area contributed by atoms with Gasteiger partial charge < -0.3 is 14.7 Å². The van der Waals surface area contributed by atoms with Gasteiger partial charge in [0, 0.05) is 24.0 Å². The number of hydrogen-bond acceptors (Lipinski definition) is 5. The van der Waals surface area contributed by atoms with E-state index in [0.29, 0.717) is 11.0 Å². The second kappa shape index (κ2) is 7.15. The summed E-state index contributed by atoms with van der Waals surface area (Å²) in [4.78, 5) is 18.0. The second-order valence-electron chi connectivity index (χ2n) is 6.90. The molecule has 1 aliphatic heterocycles. The van der Waals surface area contributed by atoms with Crippen LogP contribution in [0, 0.1) is 5.41 Å². The summed E-state index contributed by atoms with van der Waals surface area (Å²) in [7, 11) is 0. The summed E-state index contributed by atoms with van der Waals surface area (Å²) in [6, 6.07) is 5.71. The SMILES string of the molecule is C=NC(=O)c1ccc(NSC(C)CO)cc1N1CCC2(CC1)CC2. The van der Waals surface area contributed by atoms with Crippen molar-refractivity contribution in [3.63, 3.8) is 0 Å². The number of aliphatic hydroxyl groups is 1. The molecule has 1 aliphatic carbocycles. The maximum atomic E-state index is 12.1. The molecule has 3 rings (SSSR count). The van der Waals surface area contributed by atoms with E-state index < -0.39 is 0 Å². The fourth-order valence-corrected chi connectivity index (χ4v) is 3.77. The summed E-state index contributed by atoms with van der Waals surface area (Å²) >= 11 is 1.48. The van der Waals surface area contributed by atoms with Gasteiger partial charge in [-0.1, -0.05) is 0 Å². The number of carbonyl (C=O) groups is 1. The Balaban J connectivity index is 1.79. The fraction of sp³-hybridized carbons (Fsp3) is 0.556. The van der Waals surface area contributed by atoms with E-state index in [-0.39, 0.29) is 17.8 Å². The molecule has 2 aliphatic rings. The van der Waals surface area contributed by atoms with Crippen molar-refractivity contribution >= 4 is 35.9 Å². The van der Waals surface area contributed by atoms with Crippen LogP contribution in [0.4, 0.5) is 11.4 Å². The van der Waals surface area contributed by atoms with Gasteiger partial charge in [0.2, 0.25) is 0 Å². The van der Waals surface area contributed by atoms with Gasteiger partial charge in [0.25, 0.3) is 5.91 Å². The van der Waals surface area contributed by atoms with Crippen molar-refractivity contribution in [3.8, 4) is 0 Å². The summed E-state index contributed by atoms with van der Waals surface area (Å²) in [5, 5.41) is 9.25. The highest BCUT2D eigenvalue weighted by atomic mass is 32.2. The number of nitrogens with zero attached hydrogens (tertiary/aromatic N) is 2. The molecule has 5 nitrogen and oxygen atoms in total. The smallest absolute Gasteiger partial charge is 0.278 e. The van der Waals surface area contributed by atoms with Gasteiger partial charge in [0.1, 0.15) is 0 Å². The molecule has 1 heterocycles. The molecule has 1 amide bonds. The molecule has 1 saturated heterocycles. The Bertz CT molecular complexity index is 621. The Hall–Kier alpha value is -1.53. The highest BCUT2D eigenvalue weighted by Crippen LogP contribution is 2.54. The van der Waals surface area contributed by atoms with Gasteiger partial charge in [-0.2, -0.15) is 0 Å². The van der Waals surface area contributed by atoms with Crippen LogP contribution in [-0.4, -0.2) is 42.7 Å². The van der Waals surface area contributed by atoms with Gasteiger partial charge in [-0.05, 0) is 74.9 Å². The van der Waals surface area contributed by atoms with E-state index in [9.17, 15) is 4.79 Å². The number of nitrogens with one attached hydrogen (secondary N) is 1. The molecular formula is C18H25N3O2S. The van der Waals surface area contributed by atoms with Crippen LogP contribution in [0.5, 0.6) is 0 Å². The number of carbonyl (C=O) groups excluding carboxylic acids is 1. The molecule has 1 atom stereocenters. The number of benzene rings is 1. The van der Waals surface area contributed by atoms with E-state index >= 15 is 0 Å². The van der Waals surface area contributed by atoms with Gasteiger partial charge >= 0.3 is 0 Å². The molecule has 0 radical (unpaired) electrons. The van der Waals surface area contributed by atoms with Crippen LogP contribution in [0.25, 0.3) is 0 Å². The molecule has 0 aromatic heterocycles. The summed E-state index contributed by atoms with van der Waals surface area (Å²) < 4.78 is 3.26. The molecule has 6 heteroatoms. The maximum absolute atomic E-state index is 12.1. The Morgan fingerprint density at radius 2 is 2.12 bits per heavy atom. The average molecular weight is 347 g/mol. The predicted molar refractivity (Wildman–Crippen MR) is 101 cm³/mol. The van der Waals surface area contributed by atoms with Gasteiger partial charge in [0.15, 0.2) is 0 Å². The van der Waals surface area contributed by atoms with Crippen molar-refractivity contribution in [2.45, 2.75) is 37.9 Å². The second-order valence-corrected chi connectivity index (χ2v) is 8.14. The first-order valence-corrected chi connectivity index (χ1v) is 9.37. The van der Waals surface area contributed by atoms with Crippen molar-refractivity contribution in [1.29, 1.82) is 0 Å². The Morgan fingerprint density at radius 3 is 2.71 bits per heavy atom. The molecule has 2 fully saturated rings. The van der Waals surface area contributed by atoms with Crippen LogP contribution in [0.15, 0.2) is 23.2 Å². The van der Waals surface area contributed by atoms with E-state index in [1.54, 1.807) is 0 Å². The van der Waals surface area contributed by atoms with E-state index in [1.165, 1.54) is 37.6 Å². The quantitative estimate of drug-likeness (QED) is 0.610. The molecule has 1 spiro atoms. The first-order valence-electron chi connectivity index (χ1n) is 8.49. The number of aliphatic imine (C=N–C) groups is 1. The van der Waals surface area contributed by atoms with E-state index in [2.05, 4.69) is 21.3 Å². The summed E-state index contributed by atoms with van der Waals surface area (Å²) in [5.41, 5.74) is 3.08. The number of amides is 1. The summed E-state index contributed by atoms with van der Waals surface area (Å²) in [5.74, 6) is -0.278. The largest absolute Gasteiger partial charge is 0.395 e. The molecule has 1 unspecified atom stereocenters. The number of hydrogen-bond donors (Lipinski definition) is 2. The normalized spacial score (nSPS) is 19.8. The molecule has 1 saturated carbocycles. The highest BCUT2D eigenvalue weighted by molar-refractivity contribution is 8.01. The zero-order valence-electron chi connectivity index (χ0n) is 14.1. The topological polar surface area (TPSA) is 64.9 Å². The lowest BCUT2D eigenvalue weighted by atomic mass is 9.93. The first-order chi connectivity index (χ1) is 11.6. The number of rotatable bonds is 6. The third-order valence-electron chi connectivity index (χ3n) is 5.13. The number of anilines is 2. The molecule has 2 N–H and O–H groups in total. The molecule has 1 aromatic rings. The van der Waals surface area contributed by atoms with Gasteiger partial charge in [0.05, 0.1) is 17.9 Å². The number of aliphatic hydroxyl groups excluding tert-OH is 1. The standard InChI is InChI=1S/C18H25N3O2S/c1-13(12-22)24-20-14-3-4-15(17(23)19-2)16(11-14)21-9-7-18(5-6-18)8-10-21/h3-4,11,13,20,22H,2,5-10,12H2,1H3. The molecule has 130 valence electrons. The van der Waals surface area contributed by atoms with Crippen molar-refractivity contribution in [1.82, 2.24) is 0 Å². The lowest BCUT2D eigenvalue weighted by Gasteiger charge is -2.35. The van der Waals surface area contributed by atoms with Crippen molar-refractivity contribution in [3.05, 3.63) is 23.8 Å². The Morgan fingerprint density at radius 1 is 1.42 bits per heavy atom. The minimum Gasteiger partial charge on any atom is -0.395 e. The zero-order chi connectivity index (χ0) is 17.2. The van der Waals surface area contributed by atoms with Gasteiger partial charge in [-0.25, -0.2) is 4.99 Å². The van der Waals surface area contributed by atoms with E-state index in [1.807, 2.05) is 25.1 Å². The van der Waals surface area contributed by atoms with Crippen molar-refractivity contribution in [2.75, 3.05) is 29.3 Å². The van der Waals surface area contributed by atoms with Crippen LogP contribution in [0.1, 0.15) is 43.0 Å². The van der Waals surface area contributed by atoms with E-state index in [4.69, 9.17) is 5.11 Å². The van der Waals surface area contributed by atoms with Crippen LogP contribution in [0.3, 0.4) is 0 Å². The molecule has 24 heavy (non-hydrogen) atoms. The summed E-state index contributed by atoms with van der Waals surface area (Å²) in [6.45, 7) is 7.43. The van der Waals surface area contributed by atoms with E-state index in [0.717, 1.165) is 24.5 Å². The Kier molecular flexibility index (Phi) is 5.15. The monoisotopic (exact) mass is 347 g/mol. The average Bonchev–Trinajstić information content (AvgIpc) is 3.38. The minimum atomic E-state index is -0.278. The van der Waals surface area contributed by atoms with Gasteiger partial charge in [-0.3, -0.25) is 4.79 Å². The van der Waals surface area contributed by atoms with Crippen LogP contribution in [0.2, 0.25) is 0 Å². The summed E-state index contributed by atoms with van der Waals surface area (Å²) in [6.07, 6.45) is 5.13. The van der Waals surface area contributed by atoms with Crippen LogP contribution in [-0.2, 0) is 0 Å². The predicted octanol–water partition coefficient (Wildman–Crippen LogP) is 3.35. The minimum absolute atomic E-state index is 0.106. The van der Waals surface area contributed by atoms with Crippen LogP contribution < -0.4 is 9.62 Å². The molecule has 1 aromatic carbocycles. The molecular weight excluding hydrogens is 322 g/mol. The zero-order valence-corrected chi connectivity index (χ0v) is 14.9. The van der Waals surface area contributed by atoms with Crippen LogP contribution >= 0.6 is 11.9 Å². The molecule has 0 bridgehead atoms.